The van der Waals surface area contributed by atoms with Crippen LogP contribution in [-0.4, -0.2) is 29.6 Å². The fraction of sp³-hybridized carbons (Fsp3) is 0.150. The molecule has 0 bridgehead atoms. The average molecular weight is 437 g/mol. The van der Waals surface area contributed by atoms with Crippen LogP contribution in [-0.2, 0) is 11.0 Å². The highest BCUT2D eigenvalue weighted by Crippen LogP contribution is 2.31. The molecule has 3 rings (SSSR count). The van der Waals surface area contributed by atoms with Crippen LogP contribution in [0, 0.1) is 6.92 Å². The summed E-state index contributed by atoms with van der Waals surface area (Å²) in [5.41, 5.74) is 3.50. The standard InChI is InChI=1S/C20H16ClF3N4O2/c1-11-16(15-4-2-3-5-17(15)27-11)9-26-28-18(29)10-25-19(30)12-6-13(20(22,23)24)8-14(21)7-12/h2-9,27H,10H2,1H3,(H,25,30)(H,28,29)/b26-9+. The highest BCUT2D eigenvalue weighted by atomic mass is 35.5. The van der Waals surface area contributed by atoms with Gasteiger partial charge in [-0.15, -0.1) is 0 Å². The van der Waals surface area contributed by atoms with Crippen LogP contribution < -0.4 is 10.7 Å². The molecule has 0 aliphatic rings. The molecule has 1 aromatic heterocycles. The molecule has 0 spiro atoms. The van der Waals surface area contributed by atoms with Crippen LogP contribution in [0.25, 0.3) is 10.9 Å². The summed E-state index contributed by atoms with van der Waals surface area (Å²) in [6.45, 7) is 1.39. The van der Waals surface area contributed by atoms with E-state index >= 15 is 0 Å². The number of benzene rings is 2. The molecule has 0 radical (unpaired) electrons. The molecule has 6 nitrogen and oxygen atoms in total. The van der Waals surface area contributed by atoms with E-state index < -0.39 is 30.1 Å². The van der Waals surface area contributed by atoms with Gasteiger partial charge in [-0.25, -0.2) is 5.43 Å². The fourth-order valence-corrected chi connectivity index (χ4v) is 3.06. The second-order valence-corrected chi connectivity index (χ2v) is 6.85. The molecule has 3 N–H and O–H groups in total. The smallest absolute Gasteiger partial charge is 0.358 e. The third-order valence-electron chi connectivity index (χ3n) is 4.22. The van der Waals surface area contributed by atoms with Crippen LogP contribution in [0.1, 0.15) is 27.2 Å². The quantitative estimate of drug-likeness (QED) is 0.416. The van der Waals surface area contributed by atoms with Gasteiger partial charge in [0, 0.05) is 32.7 Å². The molecule has 1 heterocycles. The second-order valence-electron chi connectivity index (χ2n) is 6.41. The van der Waals surface area contributed by atoms with E-state index in [2.05, 4.69) is 20.8 Å². The monoisotopic (exact) mass is 436 g/mol. The summed E-state index contributed by atoms with van der Waals surface area (Å²) in [6, 6.07) is 10.0. The second kappa shape index (κ2) is 8.58. The molecule has 0 saturated carbocycles. The Kier molecular flexibility index (Phi) is 6.12. The Balaban J connectivity index is 1.59. The minimum atomic E-state index is -4.65. The Morgan fingerprint density at radius 1 is 1.20 bits per heavy atom. The number of amides is 2. The number of para-hydroxylation sites is 1. The largest absolute Gasteiger partial charge is 0.416 e. The van der Waals surface area contributed by atoms with Gasteiger partial charge in [0.25, 0.3) is 11.8 Å². The lowest BCUT2D eigenvalue weighted by Gasteiger charge is -2.10. The summed E-state index contributed by atoms with van der Waals surface area (Å²) >= 11 is 5.65. The number of aromatic amines is 1. The molecular weight excluding hydrogens is 421 g/mol. The Bertz CT molecular complexity index is 1140. The number of halogens is 4. The number of H-pyrrole nitrogens is 1. The number of rotatable bonds is 5. The zero-order valence-corrected chi connectivity index (χ0v) is 16.4. The summed E-state index contributed by atoms with van der Waals surface area (Å²) in [5, 5.41) is 6.80. The van der Waals surface area contributed by atoms with Crippen molar-refractivity contribution in [1.29, 1.82) is 0 Å². The number of carbonyl (C=O) groups excluding carboxylic acids is 2. The SMILES string of the molecule is Cc1[nH]c2ccccc2c1/C=N/NC(=O)CNC(=O)c1cc(Cl)cc(C(F)(F)F)c1. The van der Waals surface area contributed by atoms with Crippen LogP contribution in [0.3, 0.4) is 0 Å². The number of alkyl halides is 3. The minimum absolute atomic E-state index is 0.238. The Morgan fingerprint density at radius 2 is 1.93 bits per heavy atom. The van der Waals surface area contributed by atoms with Crippen molar-refractivity contribution in [2.75, 3.05) is 6.54 Å². The molecule has 0 atom stereocenters. The molecule has 0 saturated heterocycles. The molecule has 156 valence electrons. The van der Waals surface area contributed by atoms with Gasteiger partial charge in [0.15, 0.2) is 0 Å². The number of hydrogen-bond acceptors (Lipinski definition) is 3. The van der Waals surface area contributed by atoms with E-state index in [1.54, 1.807) is 0 Å². The Morgan fingerprint density at radius 3 is 2.67 bits per heavy atom. The van der Waals surface area contributed by atoms with Crippen LogP contribution in [0.2, 0.25) is 5.02 Å². The number of aryl methyl sites for hydroxylation is 1. The zero-order valence-electron chi connectivity index (χ0n) is 15.6. The van der Waals surface area contributed by atoms with Crippen molar-refractivity contribution >= 4 is 40.5 Å². The number of aromatic nitrogens is 1. The first-order valence-corrected chi connectivity index (χ1v) is 9.08. The Hall–Kier alpha value is -3.33. The first kappa shape index (κ1) is 21.4. The number of fused-ring (bicyclic) bond motifs is 1. The summed E-state index contributed by atoms with van der Waals surface area (Å²) in [5.74, 6) is -1.51. The predicted octanol–water partition coefficient (Wildman–Crippen LogP) is 4.03. The van der Waals surface area contributed by atoms with Gasteiger partial charge in [0.1, 0.15) is 0 Å². The van der Waals surface area contributed by atoms with Crippen molar-refractivity contribution in [3.63, 3.8) is 0 Å². The molecule has 2 amide bonds. The normalized spacial score (nSPS) is 11.8. The molecule has 0 fully saturated rings. The lowest BCUT2D eigenvalue weighted by atomic mass is 10.1. The maximum Gasteiger partial charge on any atom is 0.416 e. The number of nitrogens with one attached hydrogen (secondary N) is 3. The summed E-state index contributed by atoms with van der Waals surface area (Å²) in [4.78, 5) is 27.2. The molecule has 2 aromatic carbocycles. The highest BCUT2D eigenvalue weighted by Gasteiger charge is 2.31. The van der Waals surface area contributed by atoms with Crippen LogP contribution in [0.15, 0.2) is 47.6 Å². The van der Waals surface area contributed by atoms with Gasteiger partial charge < -0.3 is 10.3 Å². The molecule has 0 aliphatic carbocycles. The van der Waals surface area contributed by atoms with Gasteiger partial charge in [0.2, 0.25) is 0 Å². The topological polar surface area (TPSA) is 86.3 Å². The molecule has 3 aromatic rings. The zero-order chi connectivity index (χ0) is 21.9. The maximum absolute atomic E-state index is 12.8. The van der Waals surface area contributed by atoms with Crippen molar-refractivity contribution in [1.82, 2.24) is 15.7 Å². The van der Waals surface area contributed by atoms with Gasteiger partial charge in [-0.1, -0.05) is 29.8 Å². The van der Waals surface area contributed by atoms with Crippen LogP contribution in [0.5, 0.6) is 0 Å². The maximum atomic E-state index is 12.8. The Labute approximate surface area is 174 Å². The van der Waals surface area contributed by atoms with E-state index in [1.807, 2.05) is 31.2 Å². The number of carbonyl (C=O) groups is 2. The van der Waals surface area contributed by atoms with Crippen molar-refractivity contribution in [2.24, 2.45) is 5.10 Å². The van der Waals surface area contributed by atoms with Gasteiger partial charge in [-0.3, -0.25) is 9.59 Å². The third kappa shape index (κ3) is 4.98. The summed E-state index contributed by atoms with van der Waals surface area (Å²) in [7, 11) is 0. The molecule has 30 heavy (non-hydrogen) atoms. The van der Waals surface area contributed by atoms with Gasteiger partial charge in [-0.2, -0.15) is 18.3 Å². The minimum Gasteiger partial charge on any atom is -0.358 e. The van der Waals surface area contributed by atoms with Crippen molar-refractivity contribution in [3.8, 4) is 0 Å². The van der Waals surface area contributed by atoms with Crippen molar-refractivity contribution < 1.29 is 22.8 Å². The third-order valence-corrected chi connectivity index (χ3v) is 4.44. The number of hydrogen-bond donors (Lipinski definition) is 3. The molecule has 10 heteroatoms. The summed E-state index contributed by atoms with van der Waals surface area (Å²) < 4.78 is 38.5. The number of nitrogens with zero attached hydrogens (tertiary/aromatic N) is 1. The van der Waals surface area contributed by atoms with Gasteiger partial charge >= 0.3 is 6.18 Å². The van der Waals surface area contributed by atoms with E-state index in [9.17, 15) is 22.8 Å². The van der Waals surface area contributed by atoms with E-state index in [-0.39, 0.29) is 10.6 Å². The van der Waals surface area contributed by atoms with Gasteiger partial charge in [0.05, 0.1) is 18.3 Å². The van der Waals surface area contributed by atoms with Crippen molar-refractivity contribution in [2.45, 2.75) is 13.1 Å². The lowest BCUT2D eigenvalue weighted by molar-refractivity contribution is -0.137. The fourth-order valence-electron chi connectivity index (χ4n) is 2.82. The average Bonchev–Trinajstić information content (AvgIpc) is 3.00. The van der Waals surface area contributed by atoms with Crippen LogP contribution in [0.4, 0.5) is 13.2 Å². The first-order valence-electron chi connectivity index (χ1n) is 8.70. The van der Waals surface area contributed by atoms with Crippen molar-refractivity contribution in [3.05, 3.63) is 69.9 Å². The summed E-state index contributed by atoms with van der Waals surface area (Å²) in [6.07, 6.45) is -3.17. The van der Waals surface area contributed by atoms with E-state index in [0.717, 1.165) is 28.2 Å². The van der Waals surface area contributed by atoms with E-state index in [0.29, 0.717) is 12.1 Å². The molecule has 0 unspecified atom stereocenters. The molecule has 0 aliphatic heterocycles. The van der Waals surface area contributed by atoms with Crippen LogP contribution >= 0.6 is 11.6 Å². The lowest BCUT2D eigenvalue weighted by Crippen LogP contribution is -2.35. The van der Waals surface area contributed by atoms with E-state index in [4.69, 9.17) is 11.6 Å². The van der Waals surface area contributed by atoms with E-state index in [1.165, 1.54) is 6.21 Å². The first-order chi connectivity index (χ1) is 14.1. The predicted molar refractivity (Wildman–Crippen MR) is 108 cm³/mol. The highest BCUT2D eigenvalue weighted by molar-refractivity contribution is 6.31. The van der Waals surface area contributed by atoms with Gasteiger partial charge in [-0.05, 0) is 31.2 Å². The number of hydrazone groups is 1. The molecular formula is C20H16ClF3N4O2.